The molecule has 4 aromatic rings. The monoisotopic (exact) mass is 948 g/mol. The van der Waals surface area contributed by atoms with E-state index < -0.39 is 65.8 Å². The summed E-state index contributed by atoms with van der Waals surface area (Å²) in [4.78, 5) is 37.2. The molecule has 0 atom stereocenters. The summed E-state index contributed by atoms with van der Waals surface area (Å²) in [6.45, 7) is 6.68. The molecular weight excluding hydrogens is 894 g/mol. The average molecular weight is 950 g/mol. The van der Waals surface area contributed by atoms with Gasteiger partial charge in [-0.25, -0.2) is 40.0 Å². The van der Waals surface area contributed by atoms with Crippen LogP contribution < -0.4 is 13.9 Å². The van der Waals surface area contributed by atoms with Gasteiger partial charge in [0.25, 0.3) is 0 Å². The molecule has 4 aromatic carbocycles. The van der Waals surface area contributed by atoms with Gasteiger partial charge in [-0.1, -0.05) is 48.5 Å². The van der Waals surface area contributed by atoms with Crippen molar-refractivity contribution >= 4 is 61.9 Å². The molecule has 0 aromatic heterocycles. The van der Waals surface area contributed by atoms with Crippen molar-refractivity contribution in [3.63, 3.8) is 0 Å². The zero-order chi connectivity index (χ0) is 46.0. The number of amides is 1. The number of hydrogen-bond donors (Lipinski definition) is 1. The van der Waals surface area contributed by atoms with Gasteiger partial charge in [0.1, 0.15) is 17.2 Å². The van der Waals surface area contributed by atoms with E-state index in [2.05, 4.69) is 14.8 Å². The van der Waals surface area contributed by atoms with Gasteiger partial charge >= 0.3 is 18.0 Å². The first-order valence-corrected chi connectivity index (χ1v) is 23.4. The predicted octanol–water partition coefficient (Wildman–Crippen LogP) is 7.47. The lowest BCUT2D eigenvalue weighted by atomic mass is 10.1. The predicted molar refractivity (Wildman–Crippen MR) is 243 cm³/mol. The second-order valence-electron chi connectivity index (χ2n) is 16.0. The van der Waals surface area contributed by atoms with Gasteiger partial charge in [-0.2, -0.15) is 0 Å². The molecule has 19 heteroatoms. The molecule has 2 saturated heterocycles. The summed E-state index contributed by atoms with van der Waals surface area (Å²) >= 11 is 0. The second-order valence-corrected chi connectivity index (χ2v) is 20.3. The minimum absolute atomic E-state index is 0. The van der Waals surface area contributed by atoms with E-state index in [0.717, 1.165) is 12.1 Å². The number of rotatable bonds is 12. The zero-order valence-corrected chi connectivity index (χ0v) is 38.8. The van der Waals surface area contributed by atoms with Gasteiger partial charge in [-0.15, -0.1) is 12.4 Å². The molecule has 64 heavy (non-hydrogen) atoms. The topological polar surface area (TPSA) is 169 Å². The second kappa shape index (κ2) is 22.5. The molecule has 2 heterocycles. The fraction of sp³-hybridized carbons (Fsp3) is 0.400. The summed E-state index contributed by atoms with van der Waals surface area (Å²) in [5.41, 5.74) is 0.673. The minimum atomic E-state index is -3.91. The number of ether oxygens (including phenoxy) is 3. The standard InChI is InChI=1S/C25H31FN2O6S.C20H23FN2O4S.ClH/c1-25(2,3)34-24(30)27-14-12-21(13-15-27)35(31,32)28(20-8-6-5-7-9-20)17-19-11-10-18(16-22(19)26)23(29)33-4;1-27-20(24)15-7-8-16(19(21)13-15)14-23(17-5-3-2-4-6-17)28(25,26)18-9-11-22-12-10-18;/h5-11,16,21H,12-15,17H2,1-4H3;2-8,13,18,22H,9-12,14H2,1H3;1H. The molecule has 0 radical (unpaired) electrons. The first kappa shape index (κ1) is 51.3. The number of nitrogens with zero attached hydrogens (tertiary/aromatic N) is 3. The highest BCUT2D eigenvalue weighted by molar-refractivity contribution is 7.93. The van der Waals surface area contributed by atoms with E-state index in [1.807, 2.05) is 0 Å². The van der Waals surface area contributed by atoms with Crippen LogP contribution in [0.1, 0.15) is 78.3 Å². The molecule has 1 amide bonds. The normalized spacial score (nSPS) is 14.8. The number of halogens is 3. The van der Waals surface area contributed by atoms with Crippen molar-refractivity contribution in [2.45, 2.75) is 75.6 Å². The largest absolute Gasteiger partial charge is 0.465 e. The van der Waals surface area contributed by atoms with Crippen LogP contribution in [-0.2, 0) is 47.3 Å². The highest BCUT2D eigenvalue weighted by Gasteiger charge is 2.38. The average Bonchev–Trinajstić information content (AvgIpc) is 3.28. The number of anilines is 2. The van der Waals surface area contributed by atoms with Gasteiger partial charge in [-0.3, -0.25) is 8.61 Å². The van der Waals surface area contributed by atoms with E-state index in [-0.39, 0.29) is 73.7 Å². The summed E-state index contributed by atoms with van der Waals surface area (Å²) in [5.74, 6) is -2.68. The summed E-state index contributed by atoms with van der Waals surface area (Å²) in [6, 6.07) is 24.9. The van der Waals surface area contributed by atoms with E-state index in [4.69, 9.17) is 4.74 Å². The molecule has 2 fully saturated rings. The third kappa shape index (κ3) is 13.1. The molecule has 0 aliphatic carbocycles. The van der Waals surface area contributed by atoms with Crippen LogP contribution in [0.4, 0.5) is 25.0 Å². The van der Waals surface area contributed by atoms with Crippen LogP contribution in [-0.4, -0.2) is 96.3 Å². The molecule has 1 N–H and O–H groups in total. The maximum Gasteiger partial charge on any atom is 0.410 e. The molecule has 14 nitrogen and oxygen atoms in total. The number of carbonyl (C=O) groups is 3. The summed E-state index contributed by atoms with van der Waals surface area (Å²) in [5, 5.41) is 1.89. The zero-order valence-electron chi connectivity index (χ0n) is 36.4. The van der Waals surface area contributed by atoms with Crippen LogP contribution in [0.5, 0.6) is 0 Å². The summed E-state index contributed by atoms with van der Waals surface area (Å²) in [7, 11) is -5.18. The van der Waals surface area contributed by atoms with Crippen molar-refractivity contribution < 1.29 is 54.2 Å². The van der Waals surface area contributed by atoms with Crippen LogP contribution in [0.25, 0.3) is 0 Å². The van der Waals surface area contributed by atoms with Gasteiger partial charge in [0.05, 0.1) is 60.3 Å². The Kier molecular flexibility index (Phi) is 18.1. The maximum atomic E-state index is 14.8. The van der Waals surface area contributed by atoms with Crippen molar-refractivity contribution in [3.05, 3.63) is 131 Å². The van der Waals surface area contributed by atoms with E-state index in [1.165, 1.54) is 52.0 Å². The van der Waals surface area contributed by atoms with Gasteiger partial charge in [0, 0.05) is 24.2 Å². The summed E-state index contributed by atoms with van der Waals surface area (Å²) in [6.07, 6.45) is 1.01. The minimum Gasteiger partial charge on any atom is -0.465 e. The van der Waals surface area contributed by atoms with Gasteiger partial charge in [0.15, 0.2) is 0 Å². The maximum absolute atomic E-state index is 14.8. The Balaban J connectivity index is 0.000000283. The van der Waals surface area contributed by atoms with Gasteiger partial charge in [0.2, 0.25) is 20.0 Å². The number of methoxy groups -OCH3 is 2. The van der Waals surface area contributed by atoms with Crippen LogP contribution in [0.2, 0.25) is 0 Å². The summed E-state index contributed by atoms with van der Waals surface area (Å²) < 4.78 is 101. The van der Waals surface area contributed by atoms with E-state index >= 15 is 0 Å². The highest BCUT2D eigenvalue weighted by Crippen LogP contribution is 2.30. The Morgan fingerprint density at radius 2 is 1.05 bits per heavy atom. The Hall–Kier alpha value is -5.30. The van der Waals surface area contributed by atoms with Crippen molar-refractivity contribution in [2.75, 3.05) is 49.0 Å². The number of carbonyl (C=O) groups excluding carboxylic acids is 3. The molecule has 0 bridgehead atoms. The van der Waals surface area contributed by atoms with Crippen molar-refractivity contribution in [2.24, 2.45) is 0 Å². The first-order chi connectivity index (χ1) is 29.8. The van der Waals surface area contributed by atoms with Crippen molar-refractivity contribution in [3.8, 4) is 0 Å². The van der Waals surface area contributed by atoms with Crippen LogP contribution in [0.3, 0.4) is 0 Å². The van der Waals surface area contributed by atoms with E-state index in [0.29, 0.717) is 37.3 Å². The Bertz CT molecular complexity index is 2430. The number of benzene rings is 4. The Morgan fingerprint density at radius 1 is 0.656 bits per heavy atom. The molecular formula is C45H55ClF2N4O10S2. The molecule has 2 aliphatic heterocycles. The molecule has 0 unspecified atom stereocenters. The molecule has 2 aliphatic rings. The first-order valence-electron chi connectivity index (χ1n) is 20.4. The molecule has 6 rings (SSSR count). The highest BCUT2D eigenvalue weighted by atomic mass is 35.5. The number of piperidine rings is 2. The van der Waals surface area contributed by atoms with Gasteiger partial charge in [-0.05, 0) is 108 Å². The van der Waals surface area contributed by atoms with Crippen LogP contribution in [0, 0.1) is 11.6 Å². The lowest BCUT2D eigenvalue weighted by Crippen LogP contribution is -2.48. The van der Waals surface area contributed by atoms with E-state index in [9.17, 15) is 40.0 Å². The molecule has 0 spiro atoms. The lowest BCUT2D eigenvalue weighted by molar-refractivity contribution is 0.0217. The quantitative estimate of drug-likeness (QED) is 0.111. The van der Waals surface area contributed by atoms with Gasteiger partial charge < -0.3 is 24.4 Å². The number of sulfonamides is 2. The molecule has 0 saturated carbocycles. The molecule has 348 valence electrons. The number of hydrogen-bond acceptors (Lipinski definition) is 11. The Morgan fingerprint density at radius 3 is 1.41 bits per heavy atom. The lowest BCUT2D eigenvalue weighted by Gasteiger charge is -2.36. The third-order valence-electron chi connectivity index (χ3n) is 10.5. The van der Waals surface area contributed by atoms with E-state index in [1.54, 1.807) is 81.4 Å². The van der Waals surface area contributed by atoms with Crippen LogP contribution in [0.15, 0.2) is 97.1 Å². The van der Waals surface area contributed by atoms with Crippen molar-refractivity contribution in [1.29, 1.82) is 0 Å². The number of esters is 2. The SMILES string of the molecule is COC(=O)c1ccc(CN(c2ccccc2)S(=O)(=O)C2CCN(C(=O)OC(C)(C)C)CC2)c(F)c1.COC(=O)c1ccc(CN(c2ccccc2)S(=O)(=O)C2CCNCC2)c(F)c1.Cl. The van der Waals surface area contributed by atoms with Crippen LogP contribution >= 0.6 is 12.4 Å². The fourth-order valence-electron chi connectivity index (χ4n) is 7.11. The Labute approximate surface area is 380 Å². The fourth-order valence-corrected chi connectivity index (χ4v) is 10.9. The third-order valence-corrected chi connectivity index (χ3v) is 15.0. The van der Waals surface area contributed by atoms with Crippen molar-refractivity contribution in [1.82, 2.24) is 10.2 Å². The number of para-hydroxylation sites is 2. The number of likely N-dealkylation sites (tertiary alicyclic amines) is 1. The smallest absolute Gasteiger partial charge is 0.410 e. The number of nitrogens with one attached hydrogen (secondary N) is 1.